The van der Waals surface area contributed by atoms with E-state index in [1.54, 1.807) is 25.3 Å². The molecule has 1 atom stereocenters. The fraction of sp³-hybridized carbons (Fsp3) is 0.190. The molecule has 0 saturated heterocycles. The second-order valence-electron chi connectivity index (χ2n) is 6.27. The van der Waals surface area contributed by atoms with Crippen LogP contribution in [-0.4, -0.2) is 29.3 Å². The highest BCUT2D eigenvalue weighted by Gasteiger charge is 2.35. The Hall–Kier alpha value is -3.26. The van der Waals surface area contributed by atoms with Gasteiger partial charge in [-0.2, -0.15) is 0 Å². The molecule has 8 heteroatoms. The molecule has 1 aliphatic rings. The Kier molecular flexibility index (Phi) is 5.53. The number of fused-ring (bicyclic) bond motifs is 1. The molecule has 0 fully saturated rings. The number of carbonyl (C=O) groups is 2. The van der Waals surface area contributed by atoms with Crippen molar-refractivity contribution < 1.29 is 18.7 Å². The minimum Gasteiger partial charge on any atom is -0.467 e. The van der Waals surface area contributed by atoms with E-state index in [0.29, 0.717) is 22.8 Å². The number of esters is 1. The number of furan rings is 1. The number of ether oxygens (including phenoxy) is 1. The Morgan fingerprint density at radius 1 is 1.24 bits per heavy atom. The van der Waals surface area contributed by atoms with Crippen molar-refractivity contribution >= 4 is 34.7 Å². The van der Waals surface area contributed by atoms with E-state index < -0.39 is 18.0 Å². The largest absolute Gasteiger partial charge is 0.467 e. The maximum atomic E-state index is 12.7. The topological polar surface area (TPSA) is 93.5 Å². The van der Waals surface area contributed by atoms with Crippen molar-refractivity contribution in [1.82, 2.24) is 15.6 Å². The maximum absolute atomic E-state index is 12.7. The second-order valence-corrected chi connectivity index (χ2v) is 7.29. The van der Waals surface area contributed by atoms with Gasteiger partial charge in [-0.15, -0.1) is 11.8 Å². The number of aromatic nitrogens is 1. The number of amides is 2. The van der Waals surface area contributed by atoms with Gasteiger partial charge >= 0.3 is 12.0 Å². The van der Waals surface area contributed by atoms with Crippen LogP contribution in [0.4, 0.5) is 4.79 Å². The van der Waals surface area contributed by atoms with E-state index in [4.69, 9.17) is 9.15 Å². The molecule has 7 nitrogen and oxygen atoms in total. The quantitative estimate of drug-likeness (QED) is 0.475. The van der Waals surface area contributed by atoms with Crippen LogP contribution >= 0.6 is 11.8 Å². The smallest absolute Gasteiger partial charge is 0.338 e. The van der Waals surface area contributed by atoms with E-state index in [0.717, 1.165) is 15.8 Å². The van der Waals surface area contributed by atoms with Crippen LogP contribution in [0.3, 0.4) is 0 Å². The molecule has 148 valence electrons. The molecule has 0 radical (unpaired) electrons. The first-order valence-electron chi connectivity index (χ1n) is 9.15. The molecule has 2 aromatic heterocycles. The van der Waals surface area contributed by atoms with Crippen molar-refractivity contribution in [2.24, 2.45) is 0 Å². The summed E-state index contributed by atoms with van der Waals surface area (Å²) in [5.74, 6) is 0.364. The minimum atomic E-state index is -0.706. The number of benzene rings is 1. The monoisotopic (exact) mass is 409 g/mol. The van der Waals surface area contributed by atoms with Crippen molar-refractivity contribution in [3.63, 3.8) is 0 Å². The van der Waals surface area contributed by atoms with Crippen LogP contribution in [0.5, 0.6) is 0 Å². The van der Waals surface area contributed by atoms with E-state index >= 15 is 0 Å². The van der Waals surface area contributed by atoms with Crippen LogP contribution < -0.4 is 10.6 Å². The number of nitrogens with zero attached hydrogens (tertiary/aromatic N) is 1. The van der Waals surface area contributed by atoms with Gasteiger partial charge in [-0.05, 0) is 31.2 Å². The summed E-state index contributed by atoms with van der Waals surface area (Å²) in [7, 11) is 0. The Labute approximate surface area is 171 Å². The third-order valence-electron chi connectivity index (χ3n) is 4.46. The number of hydrogen-bond donors (Lipinski definition) is 2. The summed E-state index contributed by atoms with van der Waals surface area (Å²) in [6.07, 6.45) is 3.25. The Morgan fingerprint density at radius 3 is 2.90 bits per heavy atom. The van der Waals surface area contributed by atoms with Gasteiger partial charge in [0.15, 0.2) is 0 Å². The van der Waals surface area contributed by atoms with Gasteiger partial charge in [0.25, 0.3) is 0 Å². The van der Waals surface area contributed by atoms with E-state index in [1.165, 1.54) is 18.0 Å². The van der Waals surface area contributed by atoms with Gasteiger partial charge < -0.3 is 19.8 Å². The highest BCUT2D eigenvalue weighted by molar-refractivity contribution is 7.99. The summed E-state index contributed by atoms with van der Waals surface area (Å²) in [5, 5.41) is 6.53. The third-order valence-corrected chi connectivity index (χ3v) is 5.56. The molecule has 2 amide bonds. The first kappa shape index (κ1) is 19.1. The number of hydrogen-bond acceptors (Lipinski definition) is 6. The summed E-state index contributed by atoms with van der Waals surface area (Å²) >= 11 is 1.52. The van der Waals surface area contributed by atoms with Crippen LogP contribution in [0.2, 0.25) is 0 Å². The summed E-state index contributed by atoms with van der Waals surface area (Å²) < 4.78 is 10.7. The highest BCUT2D eigenvalue weighted by atomic mass is 32.2. The average molecular weight is 409 g/mol. The number of nitrogens with one attached hydrogen (secondary N) is 2. The molecule has 0 saturated carbocycles. The van der Waals surface area contributed by atoms with Crippen LogP contribution in [0.1, 0.15) is 18.7 Å². The molecule has 1 unspecified atom stereocenters. The summed E-state index contributed by atoms with van der Waals surface area (Å²) in [6, 6.07) is 12.1. The predicted octanol–water partition coefficient (Wildman–Crippen LogP) is 3.79. The second kappa shape index (κ2) is 8.40. The summed E-state index contributed by atoms with van der Waals surface area (Å²) in [6.45, 7) is 1.98. The van der Waals surface area contributed by atoms with E-state index in [2.05, 4.69) is 15.6 Å². The first-order chi connectivity index (χ1) is 14.2. The van der Waals surface area contributed by atoms with Gasteiger partial charge in [0.2, 0.25) is 0 Å². The number of carbonyl (C=O) groups excluding carboxylic acids is 2. The van der Waals surface area contributed by atoms with E-state index in [-0.39, 0.29) is 6.61 Å². The molecule has 29 heavy (non-hydrogen) atoms. The highest BCUT2D eigenvalue weighted by Crippen LogP contribution is 2.32. The first-order valence-corrected chi connectivity index (χ1v) is 10.1. The zero-order valence-corrected chi connectivity index (χ0v) is 16.5. The van der Waals surface area contributed by atoms with Gasteiger partial charge in [-0.25, -0.2) is 9.59 Å². The summed E-state index contributed by atoms with van der Waals surface area (Å²) in [5.41, 5.74) is 1.73. The number of rotatable bonds is 6. The van der Waals surface area contributed by atoms with Gasteiger partial charge in [0, 0.05) is 27.9 Å². The molecule has 3 heterocycles. The van der Waals surface area contributed by atoms with E-state index in [1.807, 2.05) is 30.3 Å². The van der Waals surface area contributed by atoms with E-state index in [9.17, 15) is 9.59 Å². The van der Waals surface area contributed by atoms with Crippen molar-refractivity contribution in [3.05, 3.63) is 72.0 Å². The molecule has 0 bridgehead atoms. The lowest BCUT2D eigenvalue weighted by Crippen LogP contribution is -2.46. The lowest BCUT2D eigenvalue weighted by Gasteiger charge is -2.27. The lowest BCUT2D eigenvalue weighted by atomic mass is 10.0. The molecular formula is C21H19N3O4S. The SMILES string of the molecule is CCOC(=O)C1=C(CSc2ccnc3ccccc23)NC(=O)NC1c1ccco1. The molecule has 3 aromatic rings. The van der Waals surface area contributed by atoms with Crippen molar-refractivity contribution in [1.29, 1.82) is 0 Å². The molecule has 1 aromatic carbocycles. The lowest BCUT2D eigenvalue weighted by molar-refractivity contribution is -0.139. The number of para-hydroxylation sites is 1. The molecule has 2 N–H and O–H groups in total. The molecule has 4 rings (SSSR count). The molecular weight excluding hydrogens is 390 g/mol. The standard InChI is InChI=1S/C21H19N3O4S/c1-2-27-20(25)18-15(23-21(26)24-19(18)16-8-5-11-28-16)12-29-17-9-10-22-14-7-4-3-6-13(14)17/h3-11,19H,2,12H2,1H3,(H2,23,24,26). The van der Waals surface area contributed by atoms with Crippen LogP contribution in [0, 0.1) is 0 Å². The number of urea groups is 1. The molecule has 0 spiro atoms. The fourth-order valence-corrected chi connectivity index (χ4v) is 4.21. The summed E-state index contributed by atoms with van der Waals surface area (Å²) in [4.78, 5) is 30.3. The van der Waals surface area contributed by atoms with Crippen molar-refractivity contribution in [2.45, 2.75) is 17.9 Å². The van der Waals surface area contributed by atoms with Crippen LogP contribution in [-0.2, 0) is 9.53 Å². The Morgan fingerprint density at radius 2 is 2.10 bits per heavy atom. The fourth-order valence-electron chi connectivity index (χ4n) is 3.20. The van der Waals surface area contributed by atoms with Gasteiger partial charge in [-0.1, -0.05) is 18.2 Å². The zero-order chi connectivity index (χ0) is 20.2. The normalized spacial score (nSPS) is 16.4. The van der Waals surface area contributed by atoms with Gasteiger partial charge in [0.05, 0.1) is 24.0 Å². The average Bonchev–Trinajstić information content (AvgIpc) is 3.26. The molecule has 1 aliphatic heterocycles. The molecule has 0 aliphatic carbocycles. The van der Waals surface area contributed by atoms with Gasteiger partial charge in [0.1, 0.15) is 11.8 Å². The third kappa shape index (κ3) is 3.97. The van der Waals surface area contributed by atoms with Gasteiger partial charge in [-0.3, -0.25) is 4.98 Å². The minimum absolute atomic E-state index is 0.233. The number of thioether (sulfide) groups is 1. The maximum Gasteiger partial charge on any atom is 0.338 e. The Bertz CT molecular complexity index is 1070. The van der Waals surface area contributed by atoms with Crippen molar-refractivity contribution in [2.75, 3.05) is 12.4 Å². The zero-order valence-electron chi connectivity index (χ0n) is 15.7. The van der Waals surface area contributed by atoms with Crippen molar-refractivity contribution in [3.8, 4) is 0 Å². The number of pyridine rings is 1. The predicted molar refractivity (Wildman–Crippen MR) is 109 cm³/mol. The van der Waals surface area contributed by atoms with Crippen LogP contribution in [0.15, 0.2) is 75.5 Å². The Balaban J connectivity index is 1.70. The van der Waals surface area contributed by atoms with Crippen LogP contribution in [0.25, 0.3) is 10.9 Å².